The number of hydrogen-bond donors (Lipinski definition) is 2. The molecule has 2 N–H and O–H groups in total. The van der Waals surface area contributed by atoms with Gasteiger partial charge >= 0.3 is 5.97 Å². The third-order valence-electron chi connectivity index (χ3n) is 3.80. The van der Waals surface area contributed by atoms with Gasteiger partial charge in [-0.2, -0.15) is 0 Å². The fourth-order valence-electron chi connectivity index (χ4n) is 2.53. The summed E-state index contributed by atoms with van der Waals surface area (Å²) in [6.45, 7) is 0. The van der Waals surface area contributed by atoms with Crippen LogP contribution in [-0.4, -0.2) is 31.7 Å². The van der Waals surface area contributed by atoms with Crippen LogP contribution in [-0.2, 0) is 15.6 Å². The maximum atomic E-state index is 13.6. The standard InChI is InChI=1S/C14H16F2O4S/c15-10-1-2-12(11(16)7-10)21(20)8-14(19)5-3-9(4-6-14)13(17)18/h1-2,7,9,19H,3-6,8H2,(H,17,18). The fourth-order valence-corrected chi connectivity index (χ4v) is 3.96. The summed E-state index contributed by atoms with van der Waals surface area (Å²) >= 11 is 0. The zero-order valence-electron chi connectivity index (χ0n) is 11.2. The van der Waals surface area contributed by atoms with Gasteiger partial charge < -0.3 is 10.2 Å². The molecular weight excluding hydrogens is 302 g/mol. The number of rotatable bonds is 4. The molecule has 1 fully saturated rings. The zero-order valence-corrected chi connectivity index (χ0v) is 12.0. The van der Waals surface area contributed by atoms with E-state index in [1.54, 1.807) is 0 Å². The van der Waals surface area contributed by atoms with E-state index >= 15 is 0 Å². The maximum absolute atomic E-state index is 13.6. The van der Waals surface area contributed by atoms with Crippen LogP contribution in [0.5, 0.6) is 0 Å². The number of aliphatic carboxylic acids is 1. The fraction of sp³-hybridized carbons (Fsp3) is 0.500. The van der Waals surface area contributed by atoms with Crippen LogP contribution in [0.15, 0.2) is 23.1 Å². The Bertz CT molecular complexity index is 568. The van der Waals surface area contributed by atoms with E-state index < -0.39 is 39.9 Å². The lowest BCUT2D eigenvalue weighted by molar-refractivity contribution is -0.144. The summed E-state index contributed by atoms with van der Waals surface area (Å²) in [5.74, 6) is -3.24. The van der Waals surface area contributed by atoms with E-state index in [0.29, 0.717) is 18.9 Å². The van der Waals surface area contributed by atoms with Crippen molar-refractivity contribution in [1.29, 1.82) is 0 Å². The maximum Gasteiger partial charge on any atom is 0.306 e. The Morgan fingerprint density at radius 3 is 2.48 bits per heavy atom. The number of carbonyl (C=O) groups is 1. The molecule has 1 aliphatic carbocycles. The van der Waals surface area contributed by atoms with Crippen molar-refractivity contribution in [2.75, 3.05) is 5.75 Å². The van der Waals surface area contributed by atoms with Crippen molar-refractivity contribution < 1.29 is 28.0 Å². The Labute approximate surface area is 123 Å². The van der Waals surface area contributed by atoms with Gasteiger partial charge in [0, 0.05) is 6.07 Å². The van der Waals surface area contributed by atoms with Crippen LogP contribution in [0.3, 0.4) is 0 Å². The van der Waals surface area contributed by atoms with E-state index in [2.05, 4.69) is 0 Å². The molecule has 1 aliphatic rings. The van der Waals surface area contributed by atoms with Gasteiger partial charge in [0.2, 0.25) is 0 Å². The van der Waals surface area contributed by atoms with E-state index in [9.17, 15) is 22.9 Å². The summed E-state index contributed by atoms with van der Waals surface area (Å²) in [4.78, 5) is 10.7. The van der Waals surface area contributed by atoms with Crippen LogP contribution >= 0.6 is 0 Å². The molecule has 2 rings (SSSR count). The highest BCUT2D eigenvalue weighted by molar-refractivity contribution is 7.85. The van der Waals surface area contributed by atoms with E-state index in [1.165, 1.54) is 0 Å². The molecule has 1 aromatic carbocycles. The van der Waals surface area contributed by atoms with E-state index in [4.69, 9.17) is 5.11 Å². The predicted octanol–water partition coefficient (Wildman–Crippen LogP) is 2.08. The first-order valence-electron chi connectivity index (χ1n) is 6.59. The lowest BCUT2D eigenvalue weighted by atomic mass is 9.80. The van der Waals surface area contributed by atoms with Gasteiger partial charge in [-0.25, -0.2) is 8.78 Å². The molecule has 1 unspecified atom stereocenters. The summed E-state index contributed by atoms with van der Waals surface area (Å²) in [7, 11) is -1.80. The number of benzene rings is 1. The van der Waals surface area contributed by atoms with Gasteiger partial charge in [-0.1, -0.05) is 0 Å². The molecule has 0 aromatic heterocycles. The van der Waals surface area contributed by atoms with Crippen LogP contribution < -0.4 is 0 Å². The molecule has 7 heteroatoms. The molecule has 0 radical (unpaired) electrons. The second kappa shape index (κ2) is 6.19. The van der Waals surface area contributed by atoms with Crippen LogP contribution in [0, 0.1) is 17.6 Å². The van der Waals surface area contributed by atoms with E-state index in [1.807, 2.05) is 0 Å². The third-order valence-corrected chi connectivity index (χ3v) is 5.43. The van der Waals surface area contributed by atoms with Gasteiger partial charge in [0.15, 0.2) is 0 Å². The molecule has 4 nitrogen and oxygen atoms in total. The first kappa shape index (κ1) is 16.0. The number of hydrogen-bond acceptors (Lipinski definition) is 3. The lowest BCUT2D eigenvalue weighted by Gasteiger charge is -2.34. The van der Waals surface area contributed by atoms with Crippen LogP contribution in [0.25, 0.3) is 0 Å². The monoisotopic (exact) mass is 318 g/mol. The molecule has 0 spiro atoms. The molecule has 21 heavy (non-hydrogen) atoms. The SMILES string of the molecule is O=C(O)C1CCC(O)(CS(=O)c2ccc(F)cc2F)CC1. The second-order valence-corrected chi connectivity index (χ2v) is 6.82. The van der Waals surface area contributed by atoms with Crippen molar-refractivity contribution in [2.24, 2.45) is 5.92 Å². The molecule has 1 saturated carbocycles. The highest BCUT2D eigenvalue weighted by Crippen LogP contribution is 2.34. The van der Waals surface area contributed by atoms with Crippen molar-refractivity contribution in [2.45, 2.75) is 36.2 Å². The summed E-state index contributed by atoms with van der Waals surface area (Å²) in [5.41, 5.74) is -1.27. The average Bonchev–Trinajstić information content (AvgIpc) is 2.38. The Balaban J connectivity index is 2.04. The minimum Gasteiger partial charge on any atom is -0.481 e. The quantitative estimate of drug-likeness (QED) is 0.891. The molecule has 116 valence electrons. The summed E-state index contributed by atoms with van der Waals surface area (Å²) in [5, 5.41) is 19.3. The summed E-state index contributed by atoms with van der Waals surface area (Å²) < 4.78 is 38.5. The number of carboxylic acids is 1. The van der Waals surface area contributed by atoms with Crippen molar-refractivity contribution in [3.8, 4) is 0 Å². The highest BCUT2D eigenvalue weighted by atomic mass is 32.2. The van der Waals surface area contributed by atoms with Crippen LogP contribution in [0.4, 0.5) is 8.78 Å². The Morgan fingerprint density at radius 1 is 1.33 bits per heavy atom. The van der Waals surface area contributed by atoms with Gasteiger partial charge in [0.1, 0.15) is 11.6 Å². The molecule has 0 bridgehead atoms. The molecule has 0 heterocycles. The number of carboxylic acid groups (broad SMARTS) is 1. The Morgan fingerprint density at radius 2 is 1.95 bits per heavy atom. The van der Waals surface area contributed by atoms with E-state index in [-0.39, 0.29) is 23.5 Å². The topological polar surface area (TPSA) is 74.6 Å². The van der Waals surface area contributed by atoms with Gasteiger partial charge in [0.05, 0.1) is 33.0 Å². The van der Waals surface area contributed by atoms with Gasteiger partial charge in [-0.3, -0.25) is 9.00 Å². The largest absolute Gasteiger partial charge is 0.481 e. The number of halogens is 2. The van der Waals surface area contributed by atoms with E-state index in [0.717, 1.165) is 12.1 Å². The summed E-state index contributed by atoms with van der Waals surface area (Å²) in [6, 6.07) is 2.77. The third kappa shape index (κ3) is 3.85. The highest BCUT2D eigenvalue weighted by Gasteiger charge is 2.37. The van der Waals surface area contributed by atoms with Crippen LogP contribution in [0.1, 0.15) is 25.7 Å². The average molecular weight is 318 g/mol. The van der Waals surface area contributed by atoms with Crippen molar-refractivity contribution >= 4 is 16.8 Å². The first-order chi connectivity index (χ1) is 9.81. The Kier molecular flexibility index (Phi) is 4.73. The normalized spacial score (nSPS) is 27.3. The molecule has 0 amide bonds. The molecule has 0 saturated heterocycles. The van der Waals surface area contributed by atoms with Gasteiger partial charge in [0.25, 0.3) is 0 Å². The lowest BCUT2D eigenvalue weighted by Crippen LogP contribution is -2.40. The number of aliphatic hydroxyl groups is 1. The van der Waals surface area contributed by atoms with Crippen molar-refractivity contribution in [3.05, 3.63) is 29.8 Å². The predicted molar refractivity (Wildman–Crippen MR) is 72.2 cm³/mol. The molecular formula is C14H16F2O4S. The summed E-state index contributed by atoms with van der Waals surface area (Å²) in [6.07, 6.45) is 1.01. The first-order valence-corrected chi connectivity index (χ1v) is 7.91. The molecule has 1 aromatic rings. The van der Waals surface area contributed by atoms with Crippen LogP contribution in [0.2, 0.25) is 0 Å². The minimum absolute atomic E-state index is 0.148. The van der Waals surface area contributed by atoms with Gasteiger partial charge in [-0.15, -0.1) is 0 Å². The molecule has 1 atom stereocenters. The zero-order chi connectivity index (χ0) is 15.6. The van der Waals surface area contributed by atoms with Crippen molar-refractivity contribution in [3.63, 3.8) is 0 Å². The minimum atomic E-state index is -1.80. The molecule has 0 aliphatic heterocycles. The Hall–Kier alpha value is -1.34. The smallest absolute Gasteiger partial charge is 0.306 e. The van der Waals surface area contributed by atoms with Gasteiger partial charge in [-0.05, 0) is 37.8 Å². The van der Waals surface area contributed by atoms with Crippen molar-refractivity contribution in [1.82, 2.24) is 0 Å². The second-order valence-electron chi connectivity index (χ2n) is 5.40.